The van der Waals surface area contributed by atoms with Crippen molar-refractivity contribution in [2.75, 3.05) is 11.9 Å². The van der Waals surface area contributed by atoms with Gasteiger partial charge in [0.2, 0.25) is 0 Å². The van der Waals surface area contributed by atoms with Gasteiger partial charge in [-0.05, 0) is 44.0 Å². The van der Waals surface area contributed by atoms with Crippen molar-refractivity contribution >= 4 is 11.6 Å². The van der Waals surface area contributed by atoms with Crippen LogP contribution < -0.4 is 10.1 Å². The van der Waals surface area contributed by atoms with E-state index in [2.05, 4.69) is 12.2 Å². The molecule has 3 heteroatoms. The number of anilines is 1. The number of rotatable bonds is 5. The molecule has 2 aromatic rings. The van der Waals surface area contributed by atoms with Crippen LogP contribution in [0.5, 0.6) is 5.75 Å². The molecule has 3 nitrogen and oxygen atoms in total. The second kappa shape index (κ2) is 6.93. The van der Waals surface area contributed by atoms with E-state index in [1.165, 1.54) is 0 Å². The van der Waals surface area contributed by atoms with Gasteiger partial charge in [-0.3, -0.25) is 4.79 Å². The van der Waals surface area contributed by atoms with Crippen molar-refractivity contribution in [3.8, 4) is 5.75 Å². The molecule has 0 fully saturated rings. The van der Waals surface area contributed by atoms with Crippen molar-refractivity contribution in [1.29, 1.82) is 0 Å². The van der Waals surface area contributed by atoms with Crippen LogP contribution in [0.2, 0.25) is 0 Å². The molecule has 2 aromatic carbocycles. The van der Waals surface area contributed by atoms with Gasteiger partial charge in [-0.15, -0.1) is 0 Å². The van der Waals surface area contributed by atoms with E-state index < -0.39 is 0 Å². The molecule has 0 bridgehead atoms. The standard InChI is InChI=1S/C18H21NO2/c1-4-11-21-17-8-6-5-7-16(17)19-18(20)15-10-9-13(2)12-14(15)3/h5-10,12H,4,11H2,1-3H3,(H,19,20). The van der Waals surface area contributed by atoms with Gasteiger partial charge in [0.05, 0.1) is 12.3 Å². The minimum Gasteiger partial charge on any atom is -0.491 e. The van der Waals surface area contributed by atoms with Crippen LogP contribution in [-0.2, 0) is 0 Å². The average Bonchev–Trinajstić information content (AvgIpc) is 2.46. The first kappa shape index (κ1) is 15.1. The summed E-state index contributed by atoms with van der Waals surface area (Å²) in [6, 6.07) is 13.3. The van der Waals surface area contributed by atoms with Gasteiger partial charge in [0.25, 0.3) is 5.91 Å². The Morgan fingerprint density at radius 2 is 1.90 bits per heavy atom. The lowest BCUT2D eigenvalue weighted by atomic mass is 10.1. The molecular formula is C18H21NO2. The maximum atomic E-state index is 12.4. The van der Waals surface area contributed by atoms with Crippen LogP contribution in [0.1, 0.15) is 34.8 Å². The number of carbonyl (C=O) groups excluding carboxylic acids is 1. The third-order valence-corrected chi connectivity index (χ3v) is 3.22. The molecule has 2 rings (SSSR count). The van der Waals surface area contributed by atoms with Crippen molar-refractivity contribution in [3.63, 3.8) is 0 Å². The fraction of sp³-hybridized carbons (Fsp3) is 0.278. The Labute approximate surface area is 126 Å². The zero-order valence-corrected chi connectivity index (χ0v) is 12.8. The maximum absolute atomic E-state index is 12.4. The van der Waals surface area contributed by atoms with Gasteiger partial charge < -0.3 is 10.1 Å². The van der Waals surface area contributed by atoms with Crippen LogP contribution in [0.15, 0.2) is 42.5 Å². The molecular weight excluding hydrogens is 262 g/mol. The highest BCUT2D eigenvalue weighted by Crippen LogP contribution is 2.25. The number of amides is 1. The van der Waals surface area contributed by atoms with Crippen LogP contribution in [0.25, 0.3) is 0 Å². The van der Waals surface area contributed by atoms with E-state index in [1.807, 2.05) is 56.3 Å². The van der Waals surface area contributed by atoms with Gasteiger partial charge >= 0.3 is 0 Å². The van der Waals surface area contributed by atoms with E-state index >= 15 is 0 Å². The largest absolute Gasteiger partial charge is 0.491 e. The van der Waals surface area contributed by atoms with E-state index in [9.17, 15) is 4.79 Å². The van der Waals surface area contributed by atoms with E-state index in [1.54, 1.807) is 0 Å². The summed E-state index contributed by atoms with van der Waals surface area (Å²) in [6.45, 7) is 6.65. The van der Waals surface area contributed by atoms with Crippen molar-refractivity contribution in [3.05, 3.63) is 59.2 Å². The zero-order valence-electron chi connectivity index (χ0n) is 12.8. The molecule has 21 heavy (non-hydrogen) atoms. The fourth-order valence-electron chi connectivity index (χ4n) is 2.17. The molecule has 0 unspecified atom stereocenters. The van der Waals surface area contributed by atoms with Crippen LogP contribution in [0, 0.1) is 13.8 Å². The first-order chi connectivity index (χ1) is 10.1. The smallest absolute Gasteiger partial charge is 0.256 e. The molecule has 0 aliphatic carbocycles. The van der Waals surface area contributed by atoms with Gasteiger partial charge in [0.15, 0.2) is 0 Å². The Morgan fingerprint density at radius 3 is 2.62 bits per heavy atom. The van der Waals surface area contributed by atoms with Gasteiger partial charge in [0.1, 0.15) is 5.75 Å². The van der Waals surface area contributed by atoms with Gasteiger partial charge in [-0.2, -0.15) is 0 Å². The third kappa shape index (κ3) is 3.85. The Hall–Kier alpha value is -2.29. The molecule has 0 heterocycles. The van der Waals surface area contributed by atoms with Crippen molar-refractivity contribution in [1.82, 2.24) is 0 Å². The van der Waals surface area contributed by atoms with Gasteiger partial charge in [-0.1, -0.05) is 36.8 Å². The number of nitrogens with one attached hydrogen (secondary N) is 1. The summed E-state index contributed by atoms with van der Waals surface area (Å²) in [5.74, 6) is 0.595. The lowest BCUT2D eigenvalue weighted by Gasteiger charge is -2.13. The van der Waals surface area contributed by atoms with Crippen molar-refractivity contribution in [2.24, 2.45) is 0 Å². The van der Waals surface area contributed by atoms with Gasteiger partial charge in [0, 0.05) is 5.56 Å². The summed E-state index contributed by atoms with van der Waals surface area (Å²) in [6.07, 6.45) is 0.930. The number of ether oxygens (including phenoxy) is 1. The number of para-hydroxylation sites is 2. The topological polar surface area (TPSA) is 38.3 Å². The molecule has 0 radical (unpaired) electrons. The summed E-state index contributed by atoms with van der Waals surface area (Å²) in [5, 5.41) is 2.93. The highest BCUT2D eigenvalue weighted by molar-refractivity contribution is 6.06. The first-order valence-electron chi connectivity index (χ1n) is 7.22. The second-order valence-electron chi connectivity index (χ2n) is 5.12. The number of benzene rings is 2. The second-order valence-corrected chi connectivity index (χ2v) is 5.12. The third-order valence-electron chi connectivity index (χ3n) is 3.22. The Balaban J connectivity index is 2.19. The van der Waals surface area contributed by atoms with Crippen LogP contribution in [0.4, 0.5) is 5.69 Å². The van der Waals surface area contributed by atoms with E-state index in [0.717, 1.165) is 17.5 Å². The average molecular weight is 283 g/mol. The van der Waals surface area contributed by atoms with Crippen LogP contribution in [0.3, 0.4) is 0 Å². The van der Waals surface area contributed by atoms with Crippen LogP contribution in [-0.4, -0.2) is 12.5 Å². The normalized spacial score (nSPS) is 10.2. The summed E-state index contributed by atoms with van der Waals surface area (Å²) in [7, 11) is 0. The summed E-state index contributed by atoms with van der Waals surface area (Å²) in [4.78, 5) is 12.4. The van der Waals surface area contributed by atoms with E-state index in [4.69, 9.17) is 4.74 Å². The SMILES string of the molecule is CCCOc1ccccc1NC(=O)c1ccc(C)cc1C. The highest BCUT2D eigenvalue weighted by Gasteiger charge is 2.11. The molecule has 0 aromatic heterocycles. The monoisotopic (exact) mass is 283 g/mol. The molecule has 110 valence electrons. The molecule has 0 saturated carbocycles. The number of aryl methyl sites for hydroxylation is 2. The number of hydrogen-bond acceptors (Lipinski definition) is 2. The molecule has 0 aliphatic rings. The minimum atomic E-state index is -0.111. The van der Waals surface area contributed by atoms with Crippen LogP contribution >= 0.6 is 0 Å². The molecule has 1 amide bonds. The Morgan fingerprint density at radius 1 is 1.14 bits per heavy atom. The van der Waals surface area contributed by atoms with E-state index in [0.29, 0.717) is 23.6 Å². The lowest BCUT2D eigenvalue weighted by molar-refractivity contribution is 0.102. The number of carbonyl (C=O) groups is 1. The molecule has 0 aliphatic heterocycles. The summed E-state index contributed by atoms with van der Waals surface area (Å²) < 4.78 is 5.66. The molecule has 0 spiro atoms. The Bertz CT molecular complexity index is 635. The predicted molar refractivity (Wildman–Crippen MR) is 86.1 cm³/mol. The molecule has 1 N–H and O–H groups in total. The summed E-state index contributed by atoms with van der Waals surface area (Å²) in [5.41, 5.74) is 3.51. The number of hydrogen-bond donors (Lipinski definition) is 1. The highest BCUT2D eigenvalue weighted by atomic mass is 16.5. The van der Waals surface area contributed by atoms with Gasteiger partial charge in [-0.25, -0.2) is 0 Å². The minimum absolute atomic E-state index is 0.111. The van der Waals surface area contributed by atoms with Crippen molar-refractivity contribution < 1.29 is 9.53 Å². The van der Waals surface area contributed by atoms with Crippen molar-refractivity contribution in [2.45, 2.75) is 27.2 Å². The molecule has 0 saturated heterocycles. The lowest BCUT2D eigenvalue weighted by Crippen LogP contribution is -2.14. The fourth-order valence-corrected chi connectivity index (χ4v) is 2.17. The Kier molecular flexibility index (Phi) is 4.99. The predicted octanol–water partition coefficient (Wildman–Crippen LogP) is 4.34. The van der Waals surface area contributed by atoms with E-state index in [-0.39, 0.29) is 5.91 Å². The first-order valence-corrected chi connectivity index (χ1v) is 7.22. The summed E-state index contributed by atoms with van der Waals surface area (Å²) >= 11 is 0. The molecule has 0 atom stereocenters. The maximum Gasteiger partial charge on any atom is 0.256 e. The zero-order chi connectivity index (χ0) is 15.2. The quantitative estimate of drug-likeness (QED) is 0.886.